The van der Waals surface area contributed by atoms with Gasteiger partial charge in [0, 0.05) is 149 Å². The average molecular weight is 1530 g/mol. The molecule has 32 heteroatoms. The molecule has 0 unspecified atom stereocenters. The Labute approximate surface area is 633 Å². The van der Waals surface area contributed by atoms with Crippen LogP contribution in [0.1, 0.15) is 111 Å². The topological polar surface area (TPSA) is 353 Å². The molecule has 566 valence electrons. The van der Waals surface area contributed by atoms with Gasteiger partial charge in [0.25, 0.3) is 0 Å². The first-order chi connectivity index (χ1) is 51.6. The number of aromatic nitrogens is 9. The van der Waals surface area contributed by atoms with Gasteiger partial charge in [-0.15, -0.1) is 0 Å². The molecule has 5 atom stereocenters. The van der Waals surface area contributed by atoms with Crippen molar-refractivity contribution in [3.63, 3.8) is 0 Å². The lowest BCUT2D eigenvalue weighted by molar-refractivity contribution is -0.141. The fraction of sp³-hybridized carbons (Fsp3) is 0.440. The van der Waals surface area contributed by atoms with E-state index in [1.807, 2.05) is 80.6 Å². The summed E-state index contributed by atoms with van der Waals surface area (Å²) in [7, 11) is 0. The summed E-state index contributed by atoms with van der Waals surface area (Å²) in [6.45, 7) is 13.7. The number of aliphatic hydroxyl groups is 2. The molecule has 6 aliphatic heterocycles. The van der Waals surface area contributed by atoms with Crippen LogP contribution >= 0.6 is 34.8 Å². The predicted molar refractivity (Wildman–Crippen MR) is 402 cm³/mol. The normalized spacial score (nSPS) is 17.7. The molecule has 0 saturated carbocycles. The summed E-state index contributed by atoms with van der Waals surface area (Å²) in [5, 5.41) is 46.0. The quantitative estimate of drug-likeness (QED) is 0.0332. The number of aliphatic hydroxyl groups excluding tert-OH is 2. The van der Waals surface area contributed by atoms with Gasteiger partial charge in [0.2, 0.25) is 29.7 Å². The summed E-state index contributed by atoms with van der Waals surface area (Å²) < 4.78 is 20.8. The molecule has 8 aromatic rings. The van der Waals surface area contributed by atoms with Crippen LogP contribution in [0.5, 0.6) is 0 Å². The van der Waals surface area contributed by atoms with Crippen LogP contribution in [0.4, 0.5) is 32.2 Å². The zero-order chi connectivity index (χ0) is 75.6. The monoisotopic (exact) mass is 1520 g/mol. The highest BCUT2D eigenvalue weighted by Gasteiger charge is 2.37. The maximum Gasteiger partial charge on any atom is 0.329 e. The first-order valence-electron chi connectivity index (χ1n) is 36.0. The van der Waals surface area contributed by atoms with Gasteiger partial charge < -0.3 is 70.8 Å². The highest BCUT2D eigenvalue weighted by Crippen LogP contribution is 2.35. The van der Waals surface area contributed by atoms with Crippen molar-refractivity contribution in [3.8, 4) is 33.8 Å². The number of benzene rings is 2. The molecule has 6 aromatic heterocycles. The molecule has 14 rings (SSSR count). The van der Waals surface area contributed by atoms with Gasteiger partial charge in [0.05, 0.1) is 76.0 Å². The Morgan fingerprint density at radius 1 is 0.486 bits per heavy atom. The molecule has 8 N–H and O–H groups in total. The van der Waals surface area contributed by atoms with Gasteiger partial charge in [0.1, 0.15) is 18.1 Å². The van der Waals surface area contributed by atoms with Crippen LogP contribution in [0.15, 0.2) is 104 Å². The molecule has 3 saturated heterocycles. The smallest absolute Gasteiger partial charge is 0.329 e. The summed E-state index contributed by atoms with van der Waals surface area (Å²) >= 11 is 19.3. The molecular formula is C75H88Cl3N17O12. The highest BCUT2D eigenvalue weighted by molar-refractivity contribution is 6.33. The molecule has 0 radical (unpaired) electrons. The van der Waals surface area contributed by atoms with Crippen molar-refractivity contribution in [2.24, 2.45) is 0 Å². The molecule has 2 aromatic carbocycles. The van der Waals surface area contributed by atoms with E-state index in [9.17, 15) is 44.1 Å². The number of fused-ring (bicyclic) bond motifs is 3. The number of hydrogen-bond acceptors (Lipinski definition) is 20. The molecule has 0 aliphatic carbocycles. The predicted octanol–water partition coefficient (Wildman–Crippen LogP) is 9.61. The maximum atomic E-state index is 13.5. The number of aryl methyl sites for hydroxylation is 2. The summed E-state index contributed by atoms with van der Waals surface area (Å²) in [6, 6.07) is 17.2. The van der Waals surface area contributed by atoms with Crippen LogP contribution in [0.3, 0.4) is 0 Å². The Morgan fingerprint density at radius 2 is 0.794 bits per heavy atom. The van der Waals surface area contributed by atoms with Gasteiger partial charge in [-0.05, 0) is 102 Å². The second-order valence-electron chi connectivity index (χ2n) is 27.4. The minimum atomic E-state index is -1.03. The molecule has 0 bridgehead atoms. The third-order valence-electron chi connectivity index (χ3n) is 20.0. The number of carbonyl (C=O) groups excluding carboxylic acids is 5. The minimum Gasteiger partial charge on any atom is -0.480 e. The van der Waals surface area contributed by atoms with Crippen molar-refractivity contribution < 1.29 is 58.3 Å². The number of halogens is 3. The zero-order valence-electron chi connectivity index (χ0n) is 60.1. The molecular weight excluding hydrogens is 1440 g/mol. The number of ether oxygens (including phenoxy) is 3. The number of nitrogens with one attached hydrogen (secondary N) is 5. The van der Waals surface area contributed by atoms with Gasteiger partial charge in [-0.1, -0.05) is 94.5 Å². The van der Waals surface area contributed by atoms with E-state index >= 15 is 0 Å². The van der Waals surface area contributed by atoms with Crippen LogP contribution in [0.25, 0.3) is 33.8 Å². The Morgan fingerprint density at radius 3 is 1.08 bits per heavy atom. The molecule has 5 amide bonds. The van der Waals surface area contributed by atoms with Gasteiger partial charge >= 0.3 is 24.1 Å². The Balaban J connectivity index is 0.000000152. The van der Waals surface area contributed by atoms with Crippen LogP contribution < -0.4 is 26.6 Å². The largest absolute Gasteiger partial charge is 0.480 e. The van der Waals surface area contributed by atoms with Crippen LogP contribution in [-0.4, -0.2) is 218 Å². The Hall–Kier alpha value is -9.59. The number of aliphatic carboxylic acids is 1. The van der Waals surface area contributed by atoms with Crippen molar-refractivity contribution in [3.05, 3.63) is 158 Å². The molecule has 0 spiro atoms. The van der Waals surface area contributed by atoms with Crippen molar-refractivity contribution in [2.75, 3.05) is 88.4 Å². The standard InChI is InChI=1S/2C28H33ClN6O4.C19H22ClN5O4/c2*1-17-4-3-5-19(12-17)24(16-36)32-26(37)18(2)34-9-6-22-13-20(15-35(22)28(34)38)25-23(29)14-30-27(33-25)31-21-7-10-39-11-8-21;1-11(17(26)27)24-5-2-14-8-12(10-25(14)19(24)28)16-15(20)9-21-18(23-16)22-13-3-6-29-7-4-13/h2*3-5,12-15,18,21,24,36H,6-11,16H2,1-2H3,(H,32,37)(H,30,31,33);8-11,13H,2-7H2,1H3,(H,26,27)(H,21,22,23)/t18-,24+;18-,24-;11-/m011/s1. The number of amides is 5. The number of carboxylic acids is 1. The van der Waals surface area contributed by atoms with Crippen molar-refractivity contribution in [1.29, 1.82) is 0 Å². The number of carboxylic acid groups (broad SMARTS) is 1. The number of nitrogens with zero attached hydrogens (tertiary/aromatic N) is 12. The maximum absolute atomic E-state index is 13.5. The molecule has 107 heavy (non-hydrogen) atoms. The van der Waals surface area contributed by atoms with E-state index in [-0.39, 0.29) is 61.2 Å². The summed E-state index contributed by atoms with van der Waals surface area (Å²) in [5.41, 5.74) is 9.85. The summed E-state index contributed by atoms with van der Waals surface area (Å²) in [4.78, 5) is 108. The zero-order valence-corrected chi connectivity index (χ0v) is 62.4. The van der Waals surface area contributed by atoms with E-state index < -0.39 is 36.2 Å². The van der Waals surface area contributed by atoms with E-state index in [2.05, 4.69) is 56.5 Å². The van der Waals surface area contributed by atoms with Crippen LogP contribution in [0, 0.1) is 13.8 Å². The second-order valence-corrected chi connectivity index (χ2v) is 28.6. The molecule has 3 fully saturated rings. The first kappa shape index (κ1) is 77.0. The van der Waals surface area contributed by atoms with E-state index in [1.54, 1.807) is 60.2 Å². The number of carbonyl (C=O) groups is 6. The Bertz CT molecular complexity index is 4330. The number of hydrogen-bond donors (Lipinski definition) is 8. The van der Waals surface area contributed by atoms with Gasteiger partial charge in [-0.3, -0.25) is 23.3 Å². The molecule has 6 aliphatic rings. The van der Waals surface area contributed by atoms with Crippen molar-refractivity contribution in [2.45, 2.75) is 141 Å². The number of anilines is 3. The fourth-order valence-corrected chi connectivity index (χ4v) is 14.3. The van der Waals surface area contributed by atoms with Crippen LogP contribution in [-0.2, 0) is 47.9 Å². The number of rotatable bonds is 21. The Kier molecular flexibility index (Phi) is 25.2. The van der Waals surface area contributed by atoms with Gasteiger partial charge in [0.15, 0.2) is 0 Å². The lowest BCUT2D eigenvalue weighted by Gasteiger charge is -2.33. The highest BCUT2D eigenvalue weighted by atomic mass is 35.5. The van der Waals surface area contributed by atoms with Gasteiger partial charge in [-0.2, -0.15) is 0 Å². The second kappa shape index (κ2) is 35.0. The van der Waals surface area contributed by atoms with E-state index in [0.29, 0.717) is 145 Å². The lowest BCUT2D eigenvalue weighted by Crippen LogP contribution is -2.52. The minimum absolute atomic E-state index is 0.231. The molecule has 29 nitrogen and oxygen atoms in total. The summed E-state index contributed by atoms with van der Waals surface area (Å²) in [5.74, 6) is -0.249. The van der Waals surface area contributed by atoms with Crippen LogP contribution in [0.2, 0.25) is 15.1 Å². The third kappa shape index (κ3) is 18.3. The van der Waals surface area contributed by atoms with E-state index in [4.69, 9.17) is 49.0 Å². The lowest BCUT2D eigenvalue weighted by atomic mass is 10.0. The van der Waals surface area contributed by atoms with Crippen molar-refractivity contribution >= 4 is 88.5 Å². The summed E-state index contributed by atoms with van der Waals surface area (Å²) in [6.07, 6.45) is 16.7. The third-order valence-corrected chi connectivity index (χ3v) is 20.8. The SMILES string of the molecule is C[C@H](C(=O)O)N1CCc2cc(-c3nc(NC4CCOCC4)ncc3Cl)cn2C1=O.Cc1cccc([C@@H](CO)NC(=O)[C@@H](C)N2CCc3cc(-c4nc(NC5CCOCC5)ncc4Cl)cn3C2=O)c1.Cc1cccc([C@@H](CO)NC(=O)[C@H](C)N2CCc3cc(-c4nc(NC5CCOCC5)ncc4Cl)cn3C2=O)c1. The average Bonchev–Trinajstić information content (AvgIpc) is 1.66. The molecule has 12 heterocycles. The van der Waals surface area contributed by atoms with E-state index in [0.717, 1.165) is 77.9 Å². The van der Waals surface area contributed by atoms with Gasteiger partial charge in [-0.25, -0.2) is 49.1 Å². The fourth-order valence-electron chi connectivity index (χ4n) is 13.7. The van der Waals surface area contributed by atoms with E-state index in [1.165, 1.54) is 26.2 Å². The van der Waals surface area contributed by atoms with Crippen molar-refractivity contribution in [1.82, 2.24) is 68.9 Å². The first-order valence-corrected chi connectivity index (χ1v) is 37.1.